The topological polar surface area (TPSA) is 55.1 Å². The van der Waals surface area contributed by atoms with Crippen LogP contribution in [0.1, 0.15) is 32.1 Å². The van der Waals surface area contributed by atoms with Gasteiger partial charge in [0.05, 0.1) is 10.7 Å². The van der Waals surface area contributed by atoms with Crippen molar-refractivity contribution in [3.05, 3.63) is 23.2 Å². The molecule has 0 aliphatic heterocycles. The predicted molar refractivity (Wildman–Crippen MR) is 83.8 cm³/mol. The summed E-state index contributed by atoms with van der Waals surface area (Å²) in [4.78, 5) is 11.8. The number of anilines is 2. The third kappa shape index (κ3) is 4.62. The lowest BCUT2D eigenvalue weighted by Gasteiger charge is -2.10. The molecule has 1 saturated carbocycles. The normalized spacial score (nSPS) is 15.6. The van der Waals surface area contributed by atoms with Gasteiger partial charge in [-0.2, -0.15) is 11.8 Å². The van der Waals surface area contributed by atoms with Crippen LogP contribution in [0.3, 0.4) is 0 Å². The van der Waals surface area contributed by atoms with Crippen molar-refractivity contribution in [1.82, 2.24) is 0 Å². The third-order valence-corrected chi connectivity index (χ3v) is 4.95. The fourth-order valence-corrected chi connectivity index (χ4v) is 3.76. The number of carbonyl (C=O) groups is 1. The van der Waals surface area contributed by atoms with Crippen molar-refractivity contribution in [2.75, 3.05) is 16.8 Å². The molecule has 0 unspecified atom stereocenters. The summed E-state index contributed by atoms with van der Waals surface area (Å²) in [5, 5.41) is 4.06. The fraction of sp³-hybridized carbons (Fsp3) is 0.500. The van der Waals surface area contributed by atoms with E-state index in [0.717, 1.165) is 11.0 Å². The molecule has 2 rings (SSSR count). The zero-order valence-electron chi connectivity index (χ0n) is 10.8. The minimum Gasteiger partial charge on any atom is -0.399 e. The predicted octanol–water partition coefficient (Wildman–Crippen LogP) is 3.93. The van der Waals surface area contributed by atoms with E-state index >= 15 is 0 Å². The Bertz CT molecular complexity index is 447. The molecule has 1 aliphatic rings. The molecule has 1 aromatic carbocycles. The number of halogens is 1. The van der Waals surface area contributed by atoms with Crippen LogP contribution in [0.2, 0.25) is 5.02 Å². The maximum absolute atomic E-state index is 11.8. The molecule has 0 aromatic heterocycles. The second kappa shape index (κ2) is 7.06. The standard InChI is InChI=1S/C14H19ClN2OS/c15-12-9-10(16)5-6-13(12)17-14(18)7-8-19-11-3-1-2-4-11/h5-6,9,11H,1-4,7-8,16H2,(H,17,18). The van der Waals surface area contributed by atoms with Crippen LogP contribution in [0.25, 0.3) is 0 Å². The van der Waals surface area contributed by atoms with Crippen molar-refractivity contribution >= 4 is 40.6 Å². The van der Waals surface area contributed by atoms with Gasteiger partial charge in [0.25, 0.3) is 0 Å². The van der Waals surface area contributed by atoms with Crippen molar-refractivity contribution in [1.29, 1.82) is 0 Å². The molecule has 5 heteroatoms. The van der Waals surface area contributed by atoms with E-state index in [-0.39, 0.29) is 5.91 Å². The lowest BCUT2D eigenvalue weighted by molar-refractivity contribution is -0.115. The van der Waals surface area contributed by atoms with E-state index in [9.17, 15) is 4.79 Å². The van der Waals surface area contributed by atoms with E-state index in [0.29, 0.717) is 22.8 Å². The number of nitrogens with one attached hydrogen (secondary N) is 1. The summed E-state index contributed by atoms with van der Waals surface area (Å²) in [5.41, 5.74) is 6.84. The molecule has 1 fully saturated rings. The molecule has 0 radical (unpaired) electrons. The van der Waals surface area contributed by atoms with Gasteiger partial charge in [-0.05, 0) is 31.0 Å². The molecular formula is C14H19ClN2OS. The molecule has 0 spiro atoms. The van der Waals surface area contributed by atoms with Gasteiger partial charge in [0.1, 0.15) is 0 Å². The van der Waals surface area contributed by atoms with E-state index in [1.54, 1.807) is 18.2 Å². The number of benzene rings is 1. The number of hydrogen-bond acceptors (Lipinski definition) is 3. The van der Waals surface area contributed by atoms with Gasteiger partial charge in [0.15, 0.2) is 0 Å². The van der Waals surface area contributed by atoms with Gasteiger partial charge in [-0.3, -0.25) is 4.79 Å². The van der Waals surface area contributed by atoms with E-state index < -0.39 is 0 Å². The Kier molecular flexibility index (Phi) is 5.40. The first-order chi connectivity index (χ1) is 9.15. The van der Waals surface area contributed by atoms with E-state index in [1.165, 1.54) is 25.7 Å². The van der Waals surface area contributed by atoms with Crippen LogP contribution >= 0.6 is 23.4 Å². The van der Waals surface area contributed by atoms with Crippen molar-refractivity contribution in [2.24, 2.45) is 0 Å². The first-order valence-electron chi connectivity index (χ1n) is 6.61. The third-order valence-electron chi connectivity index (χ3n) is 3.25. The van der Waals surface area contributed by atoms with E-state index in [4.69, 9.17) is 17.3 Å². The number of thioether (sulfide) groups is 1. The minimum atomic E-state index is 0.0113. The van der Waals surface area contributed by atoms with Crippen molar-refractivity contribution < 1.29 is 4.79 Å². The van der Waals surface area contributed by atoms with Crippen LogP contribution in [0.5, 0.6) is 0 Å². The Morgan fingerprint density at radius 3 is 2.84 bits per heavy atom. The number of carbonyl (C=O) groups excluding carboxylic acids is 1. The first-order valence-corrected chi connectivity index (χ1v) is 8.04. The van der Waals surface area contributed by atoms with Crippen molar-refractivity contribution in [3.8, 4) is 0 Å². The van der Waals surface area contributed by atoms with Crippen LogP contribution in [0.4, 0.5) is 11.4 Å². The number of nitrogens with two attached hydrogens (primary N) is 1. The minimum absolute atomic E-state index is 0.0113. The highest BCUT2D eigenvalue weighted by atomic mass is 35.5. The van der Waals surface area contributed by atoms with Gasteiger partial charge >= 0.3 is 0 Å². The van der Waals surface area contributed by atoms with Gasteiger partial charge in [-0.25, -0.2) is 0 Å². The lowest BCUT2D eigenvalue weighted by Crippen LogP contribution is -2.13. The second-order valence-electron chi connectivity index (χ2n) is 4.81. The van der Waals surface area contributed by atoms with Gasteiger partial charge in [-0.15, -0.1) is 0 Å². The molecule has 3 nitrogen and oxygen atoms in total. The highest BCUT2D eigenvalue weighted by molar-refractivity contribution is 7.99. The Labute approximate surface area is 123 Å². The summed E-state index contributed by atoms with van der Waals surface area (Å²) in [6, 6.07) is 5.11. The largest absolute Gasteiger partial charge is 0.399 e. The summed E-state index contributed by atoms with van der Waals surface area (Å²) in [6.07, 6.45) is 5.81. The summed E-state index contributed by atoms with van der Waals surface area (Å²) in [5.74, 6) is 0.889. The molecule has 0 bridgehead atoms. The maximum atomic E-state index is 11.8. The number of amides is 1. The van der Waals surface area contributed by atoms with Gasteiger partial charge in [0.2, 0.25) is 5.91 Å². The average Bonchev–Trinajstić information content (AvgIpc) is 2.86. The monoisotopic (exact) mass is 298 g/mol. The average molecular weight is 299 g/mol. The van der Waals surface area contributed by atoms with Gasteiger partial charge < -0.3 is 11.1 Å². The Balaban J connectivity index is 1.74. The van der Waals surface area contributed by atoms with Crippen LogP contribution in [0, 0.1) is 0 Å². The first kappa shape index (κ1) is 14.5. The van der Waals surface area contributed by atoms with Crippen molar-refractivity contribution in [2.45, 2.75) is 37.4 Å². The highest BCUT2D eigenvalue weighted by Gasteiger charge is 2.15. The highest BCUT2D eigenvalue weighted by Crippen LogP contribution is 2.30. The maximum Gasteiger partial charge on any atom is 0.225 e. The smallest absolute Gasteiger partial charge is 0.225 e. The zero-order chi connectivity index (χ0) is 13.7. The Morgan fingerprint density at radius 2 is 2.16 bits per heavy atom. The fourth-order valence-electron chi connectivity index (χ4n) is 2.22. The molecule has 1 amide bonds. The van der Waals surface area contributed by atoms with E-state index in [2.05, 4.69) is 5.32 Å². The van der Waals surface area contributed by atoms with Crippen LogP contribution in [0.15, 0.2) is 18.2 Å². The van der Waals surface area contributed by atoms with Crippen molar-refractivity contribution in [3.63, 3.8) is 0 Å². The Hall–Kier alpha value is -0.870. The summed E-state index contributed by atoms with van der Waals surface area (Å²) in [7, 11) is 0. The molecule has 1 aromatic rings. The SMILES string of the molecule is Nc1ccc(NC(=O)CCSC2CCCC2)c(Cl)c1. The zero-order valence-corrected chi connectivity index (χ0v) is 12.4. The van der Waals surface area contributed by atoms with Crippen LogP contribution < -0.4 is 11.1 Å². The molecule has 0 heterocycles. The molecule has 104 valence electrons. The Morgan fingerprint density at radius 1 is 1.42 bits per heavy atom. The molecule has 1 aliphatic carbocycles. The molecule has 3 N–H and O–H groups in total. The summed E-state index contributed by atoms with van der Waals surface area (Å²) < 4.78 is 0. The lowest BCUT2D eigenvalue weighted by atomic mass is 10.3. The molecular weight excluding hydrogens is 280 g/mol. The number of hydrogen-bond donors (Lipinski definition) is 2. The number of rotatable bonds is 5. The van der Waals surface area contributed by atoms with Crippen LogP contribution in [-0.4, -0.2) is 16.9 Å². The number of nitrogen functional groups attached to an aromatic ring is 1. The van der Waals surface area contributed by atoms with Gasteiger partial charge in [0, 0.05) is 23.1 Å². The summed E-state index contributed by atoms with van der Waals surface area (Å²) in [6.45, 7) is 0. The quantitative estimate of drug-likeness (QED) is 0.810. The molecule has 0 atom stereocenters. The van der Waals surface area contributed by atoms with E-state index in [1.807, 2.05) is 11.8 Å². The van der Waals surface area contributed by atoms with Gasteiger partial charge in [-0.1, -0.05) is 24.4 Å². The second-order valence-corrected chi connectivity index (χ2v) is 6.63. The molecule has 0 saturated heterocycles. The molecule has 19 heavy (non-hydrogen) atoms. The summed E-state index contributed by atoms with van der Waals surface area (Å²) >= 11 is 7.93. The van der Waals surface area contributed by atoms with Crippen LogP contribution in [-0.2, 0) is 4.79 Å².